The largest absolute Gasteiger partial charge is 0.495 e. The Morgan fingerprint density at radius 2 is 2.06 bits per heavy atom. The molecule has 32 heavy (non-hydrogen) atoms. The summed E-state index contributed by atoms with van der Waals surface area (Å²) in [6, 6.07) is 13.2. The van der Waals surface area contributed by atoms with Crippen LogP contribution in [0.25, 0.3) is 17.4 Å². The number of thioether (sulfide) groups is 1. The molecule has 0 saturated carbocycles. The van der Waals surface area contributed by atoms with Gasteiger partial charge in [-0.3, -0.25) is 14.9 Å². The maximum atomic E-state index is 12.4. The van der Waals surface area contributed by atoms with E-state index in [4.69, 9.17) is 20.8 Å². The highest BCUT2D eigenvalue weighted by Crippen LogP contribution is 2.35. The average molecular weight is 472 g/mol. The van der Waals surface area contributed by atoms with Gasteiger partial charge in [0, 0.05) is 28.8 Å². The highest BCUT2D eigenvalue weighted by Gasteiger charge is 2.28. The maximum absolute atomic E-state index is 12.4. The number of methoxy groups -OCH3 is 1. The van der Waals surface area contributed by atoms with Gasteiger partial charge in [-0.2, -0.15) is 0 Å². The van der Waals surface area contributed by atoms with Crippen molar-refractivity contribution in [3.05, 3.63) is 79.9 Å². The topological polar surface area (TPSA) is 107 Å². The zero-order valence-corrected chi connectivity index (χ0v) is 18.6. The molecule has 1 aliphatic heterocycles. The van der Waals surface area contributed by atoms with Gasteiger partial charge in [0.05, 0.1) is 22.6 Å². The Bertz CT molecular complexity index is 1240. The van der Waals surface area contributed by atoms with E-state index in [-0.39, 0.29) is 11.6 Å². The van der Waals surface area contributed by atoms with Gasteiger partial charge in [-0.05, 0) is 42.8 Å². The van der Waals surface area contributed by atoms with Crippen molar-refractivity contribution in [2.75, 3.05) is 12.4 Å². The second kappa shape index (κ2) is 8.97. The number of nitrogens with one attached hydrogen (secondary N) is 2. The van der Waals surface area contributed by atoms with Crippen molar-refractivity contribution < 1.29 is 18.9 Å². The molecule has 8 nitrogen and oxygen atoms in total. The zero-order valence-electron chi connectivity index (χ0n) is 17.0. The lowest BCUT2D eigenvalue weighted by molar-refractivity contribution is -0.384. The van der Waals surface area contributed by atoms with Crippen molar-refractivity contribution in [3.8, 4) is 17.1 Å². The zero-order chi connectivity index (χ0) is 22.8. The quantitative estimate of drug-likeness (QED) is 0.280. The second-order valence-corrected chi connectivity index (χ2v) is 8.51. The van der Waals surface area contributed by atoms with Crippen LogP contribution in [0.15, 0.2) is 57.9 Å². The molecule has 1 aromatic heterocycles. The fourth-order valence-corrected chi connectivity index (χ4v) is 4.32. The summed E-state index contributed by atoms with van der Waals surface area (Å²) >= 11 is 7.35. The Labute approximate surface area is 192 Å². The molecule has 3 aromatic rings. The smallest absolute Gasteiger partial charge is 0.270 e. The lowest BCUT2D eigenvalue weighted by Crippen LogP contribution is -2.31. The van der Waals surface area contributed by atoms with Gasteiger partial charge in [0.25, 0.3) is 11.6 Å². The van der Waals surface area contributed by atoms with Crippen molar-refractivity contribution >= 4 is 46.7 Å². The van der Waals surface area contributed by atoms with E-state index < -0.39 is 10.4 Å². The summed E-state index contributed by atoms with van der Waals surface area (Å²) in [6.45, 7) is 1.85. The Kier molecular flexibility index (Phi) is 6.11. The predicted octanol–water partition coefficient (Wildman–Crippen LogP) is 5.42. The SMILES string of the molecule is COc1ccc(Cl)cc1NC1NC(=O)/C(=C/c2ccc(-c3cc([N+](=O)[O-])ccc3C)o2)S1. The lowest BCUT2D eigenvalue weighted by atomic mass is 10.1. The summed E-state index contributed by atoms with van der Waals surface area (Å²) < 4.78 is 11.2. The van der Waals surface area contributed by atoms with E-state index in [0.29, 0.717) is 38.4 Å². The Morgan fingerprint density at radius 3 is 2.81 bits per heavy atom. The first kappa shape index (κ1) is 21.8. The van der Waals surface area contributed by atoms with Crippen LogP contribution < -0.4 is 15.4 Å². The maximum Gasteiger partial charge on any atom is 0.270 e. The van der Waals surface area contributed by atoms with Gasteiger partial charge in [0.15, 0.2) is 5.50 Å². The third-order valence-corrected chi connectivity index (χ3v) is 6.04. The molecular formula is C22H18ClN3O5S. The van der Waals surface area contributed by atoms with E-state index in [1.807, 2.05) is 6.92 Å². The molecule has 2 heterocycles. The Hall–Kier alpha value is -3.43. The van der Waals surface area contributed by atoms with E-state index in [0.717, 1.165) is 5.56 Å². The number of aryl methyl sites for hydroxylation is 1. The third kappa shape index (κ3) is 4.58. The summed E-state index contributed by atoms with van der Waals surface area (Å²) in [5.74, 6) is 1.30. The number of anilines is 1. The molecule has 2 aromatic carbocycles. The molecule has 4 rings (SSSR count). The number of nitro groups is 1. The van der Waals surface area contributed by atoms with Gasteiger partial charge in [-0.1, -0.05) is 29.4 Å². The highest BCUT2D eigenvalue weighted by molar-refractivity contribution is 8.05. The standard InChI is InChI=1S/C22H18ClN3O5S/c1-12-3-5-14(26(28)29)10-16(12)18-8-6-15(31-18)11-20-21(27)25-22(32-20)24-17-9-13(23)4-7-19(17)30-2/h3-11,22,24H,1-2H3,(H,25,27)/b20-11-. The number of halogens is 1. The number of non-ortho nitro benzene ring substituents is 1. The number of furan rings is 1. The number of ether oxygens (including phenoxy) is 1. The molecule has 164 valence electrons. The van der Waals surface area contributed by atoms with Gasteiger partial charge in [0.2, 0.25) is 0 Å². The first-order valence-electron chi connectivity index (χ1n) is 9.48. The van der Waals surface area contributed by atoms with Crippen molar-refractivity contribution in [1.82, 2.24) is 5.32 Å². The molecular weight excluding hydrogens is 454 g/mol. The molecule has 1 saturated heterocycles. The van der Waals surface area contributed by atoms with Gasteiger partial charge < -0.3 is 19.8 Å². The molecule has 2 N–H and O–H groups in total. The first-order valence-corrected chi connectivity index (χ1v) is 10.7. The molecule has 0 aliphatic carbocycles. The number of hydrogen-bond donors (Lipinski definition) is 2. The number of carbonyl (C=O) groups is 1. The minimum Gasteiger partial charge on any atom is -0.495 e. The number of rotatable bonds is 6. The Morgan fingerprint density at radius 1 is 1.25 bits per heavy atom. The van der Waals surface area contributed by atoms with Crippen LogP contribution in [-0.4, -0.2) is 23.4 Å². The van der Waals surface area contributed by atoms with Gasteiger partial charge in [-0.25, -0.2) is 0 Å². The fraction of sp³-hybridized carbons (Fsp3) is 0.136. The van der Waals surface area contributed by atoms with Crippen molar-refractivity contribution in [2.45, 2.75) is 12.4 Å². The average Bonchev–Trinajstić information content (AvgIpc) is 3.35. The van der Waals surface area contributed by atoms with Crippen LogP contribution in [0.2, 0.25) is 5.02 Å². The van der Waals surface area contributed by atoms with Crippen LogP contribution in [0.3, 0.4) is 0 Å². The van der Waals surface area contributed by atoms with Crippen LogP contribution in [0.1, 0.15) is 11.3 Å². The first-order chi connectivity index (χ1) is 15.3. The van der Waals surface area contributed by atoms with E-state index in [2.05, 4.69) is 10.6 Å². The van der Waals surface area contributed by atoms with E-state index in [9.17, 15) is 14.9 Å². The third-order valence-electron chi connectivity index (χ3n) is 4.78. The summed E-state index contributed by atoms with van der Waals surface area (Å²) in [5.41, 5.74) is 1.69. The predicted molar refractivity (Wildman–Crippen MR) is 125 cm³/mol. The number of benzene rings is 2. The molecule has 1 aliphatic rings. The highest BCUT2D eigenvalue weighted by atomic mass is 35.5. The minimum atomic E-state index is -0.448. The van der Waals surface area contributed by atoms with Crippen LogP contribution in [0.5, 0.6) is 5.75 Å². The Balaban J connectivity index is 1.53. The molecule has 1 atom stereocenters. The number of carbonyl (C=O) groups excluding carboxylic acids is 1. The van der Waals surface area contributed by atoms with Gasteiger partial charge in [0.1, 0.15) is 17.3 Å². The van der Waals surface area contributed by atoms with E-state index >= 15 is 0 Å². The summed E-state index contributed by atoms with van der Waals surface area (Å²) in [7, 11) is 1.55. The summed E-state index contributed by atoms with van der Waals surface area (Å²) in [5, 5.41) is 17.7. The van der Waals surface area contributed by atoms with Crippen LogP contribution in [0.4, 0.5) is 11.4 Å². The molecule has 0 radical (unpaired) electrons. The van der Waals surface area contributed by atoms with E-state index in [1.54, 1.807) is 49.6 Å². The monoisotopic (exact) mass is 471 g/mol. The van der Waals surface area contributed by atoms with Crippen molar-refractivity contribution in [1.29, 1.82) is 0 Å². The molecule has 1 fully saturated rings. The molecule has 1 unspecified atom stereocenters. The fourth-order valence-electron chi connectivity index (χ4n) is 3.19. The number of nitrogens with zero attached hydrogens (tertiary/aromatic N) is 1. The molecule has 0 spiro atoms. The summed E-state index contributed by atoms with van der Waals surface area (Å²) in [4.78, 5) is 23.5. The van der Waals surface area contributed by atoms with Gasteiger partial charge >= 0.3 is 0 Å². The van der Waals surface area contributed by atoms with Crippen molar-refractivity contribution in [2.24, 2.45) is 0 Å². The van der Waals surface area contributed by atoms with E-state index in [1.165, 1.54) is 23.9 Å². The normalized spacial score (nSPS) is 16.8. The van der Waals surface area contributed by atoms with Crippen LogP contribution in [-0.2, 0) is 4.79 Å². The number of hydrogen-bond acceptors (Lipinski definition) is 7. The van der Waals surface area contributed by atoms with Gasteiger partial charge in [-0.15, -0.1) is 0 Å². The van der Waals surface area contributed by atoms with Crippen LogP contribution >= 0.6 is 23.4 Å². The minimum absolute atomic E-state index is 0.0157. The van der Waals surface area contributed by atoms with Crippen molar-refractivity contribution in [3.63, 3.8) is 0 Å². The lowest BCUT2D eigenvalue weighted by Gasteiger charge is -2.15. The molecule has 1 amide bonds. The summed E-state index contributed by atoms with van der Waals surface area (Å²) in [6.07, 6.45) is 1.63. The number of amides is 1. The number of nitro benzene ring substituents is 1. The van der Waals surface area contributed by atoms with Crippen LogP contribution in [0, 0.1) is 17.0 Å². The molecule has 0 bridgehead atoms. The second-order valence-electron chi connectivity index (χ2n) is 6.93. The molecule has 10 heteroatoms.